The van der Waals surface area contributed by atoms with Crippen LogP contribution in [0.3, 0.4) is 0 Å². The first-order valence-electron chi connectivity index (χ1n) is 9.94. The maximum absolute atomic E-state index is 12.6. The summed E-state index contributed by atoms with van der Waals surface area (Å²) in [6.07, 6.45) is 5.76. The summed E-state index contributed by atoms with van der Waals surface area (Å²) < 4.78 is 11.0. The summed E-state index contributed by atoms with van der Waals surface area (Å²) >= 11 is 6.04. The molecule has 0 aliphatic carbocycles. The van der Waals surface area contributed by atoms with Gasteiger partial charge in [-0.1, -0.05) is 31.5 Å². The van der Waals surface area contributed by atoms with E-state index in [9.17, 15) is 9.59 Å². The normalized spacial score (nSPS) is 16.9. The number of benzene rings is 1. The molecule has 0 aromatic heterocycles. The van der Waals surface area contributed by atoms with Crippen molar-refractivity contribution in [3.05, 3.63) is 46.5 Å². The molecule has 0 N–H and O–H groups in total. The van der Waals surface area contributed by atoms with Crippen LogP contribution in [0, 0.1) is 5.92 Å². The first-order valence-corrected chi connectivity index (χ1v) is 10.3. The third kappa shape index (κ3) is 6.00. The minimum absolute atomic E-state index is 0.0693. The summed E-state index contributed by atoms with van der Waals surface area (Å²) in [5, 5.41) is 0.644. The predicted octanol–water partition coefficient (Wildman–Crippen LogP) is 4.00. The highest BCUT2D eigenvalue weighted by atomic mass is 35.5. The number of hydrogen-bond acceptors (Lipinski definition) is 4. The van der Waals surface area contributed by atoms with E-state index in [4.69, 9.17) is 21.1 Å². The van der Waals surface area contributed by atoms with Crippen molar-refractivity contribution in [3.8, 4) is 5.75 Å². The first-order chi connectivity index (χ1) is 13.9. The van der Waals surface area contributed by atoms with Gasteiger partial charge in [0.1, 0.15) is 12.4 Å². The van der Waals surface area contributed by atoms with Crippen molar-refractivity contribution in [1.82, 2.24) is 9.80 Å². The molecule has 2 aliphatic heterocycles. The fourth-order valence-electron chi connectivity index (χ4n) is 3.20. The second-order valence-electron chi connectivity index (χ2n) is 7.66. The van der Waals surface area contributed by atoms with Gasteiger partial charge in [0, 0.05) is 42.8 Å². The van der Waals surface area contributed by atoms with Crippen LogP contribution in [0.2, 0.25) is 5.02 Å². The Kier molecular flexibility index (Phi) is 7.20. The zero-order valence-electron chi connectivity index (χ0n) is 16.9. The average molecular weight is 419 g/mol. The Bertz CT molecular complexity index is 819. The lowest BCUT2D eigenvalue weighted by molar-refractivity contribution is -0.125. The first kappa shape index (κ1) is 21.2. The van der Waals surface area contributed by atoms with Crippen molar-refractivity contribution in [2.45, 2.75) is 20.3 Å². The Morgan fingerprint density at radius 2 is 1.97 bits per heavy atom. The summed E-state index contributed by atoms with van der Waals surface area (Å²) in [6.45, 7) is 7.01. The van der Waals surface area contributed by atoms with Gasteiger partial charge in [-0.15, -0.1) is 0 Å². The molecule has 1 saturated heterocycles. The highest BCUT2D eigenvalue weighted by Gasteiger charge is 2.22. The molecule has 0 radical (unpaired) electrons. The quantitative estimate of drug-likeness (QED) is 0.693. The lowest BCUT2D eigenvalue weighted by Gasteiger charge is -2.21. The fourth-order valence-corrected chi connectivity index (χ4v) is 3.38. The predicted molar refractivity (Wildman–Crippen MR) is 113 cm³/mol. The number of carbonyl (C=O) groups excluding carboxylic acids is 2. The third-order valence-corrected chi connectivity index (χ3v) is 4.99. The molecule has 2 aliphatic rings. The number of halogens is 1. The Hall–Kier alpha value is -2.47. The van der Waals surface area contributed by atoms with Crippen LogP contribution >= 0.6 is 11.6 Å². The Morgan fingerprint density at radius 3 is 2.76 bits per heavy atom. The number of nitrogens with zero attached hydrogens (tertiary/aromatic N) is 2. The molecule has 7 heteroatoms. The Labute approximate surface area is 176 Å². The van der Waals surface area contributed by atoms with Crippen LogP contribution in [0.1, 0.15) is 25.8 Å². The number of rotatable bonds is 4. The maximum Gasteiger partial charge on any atom is 0.409 e. The molecule has 1 fully saturated rings. The molecule has 1 aromatic rings. The SMILES string of the molecule is CC(C)COC(=O)N1CCCN(C(=O)/C=C/C2=Cc3cc(Cl)ccc3OC2)CC1. The summed E-state index contributed by atoms with van der Waals surface area (Å²) in [5.41, 5.74) is 1.81. The number of ether oxygens (including phenoxy) is 2. The van der Waals surface area contributed by atoms with E-state index in [1.54, 1.807) is 28.0 Å². The molecule has 6 nitrogen and oxygen atoms in total. The van der Waals surface area contributed by atoms with Crippen LogP contribution in [0.5, 0.6) is 5.75 Å². The minimum Gasteiger partial charge on any atom is -0.488 e. The van der Waals surface area contributed by atoms with Gasteiger partial charge in [0.2, 0.25) is 5.91 Å². The highest BCUT2D eigenvalue weighted by Crippen LogP contribution is 2.29. The number of amides is 2. The van der Waals surface area contributed by atoms with Crippen LogP contribution in [-0.4, -0.2) is 61.2 Å². The smallest absolute Gasteiger partial charge is 0.409 e. The van der Waals surface area contributed by atoms with E-state index in [0.717, 1.165) is 23.3 Å². The largest absolute Gasteiger partial charge is 0.488 e. The van der Waals surface area contributed by atoms with E-state index in [1.165, 1.54) is 0 Å². The molecule has 3 rings (SSSR count). The van der Waals surface area contributed by atoms with Gasteiger partial charge in [0.25, 0.3) is 0 Å². The van der Waals surface area contributed by atoms with Gasteiger partial charge < -0.3 is 19.3 Å². The third-order valence-electron chi connectivity index (χ3n) is 4.75. The van der Waals surface area contributed by atoms with Crippen LogP contribution < -0.4 is 4.74 Å². The summed E-state index contributed by atoms with van der Waals surface area (Å²) in [6, 6.07) is 5.47. The van der Waals surface area contributed by atoms with Gasteiger partial charge in [-0.2, -0.15) is 0 Å². The van der Waals surface area contributed by atoms with Gasteiger partial charge in [0.05, 0.1) is 6.61 Å². The molecule has 2 heterocycles. The molecule has 0 saturated carbocycles. The van der Waals surface area contributed by atoms with Gasteiger partial charge >= 0.3 is 6.09 Å². The van der Waals surface area contributed by atoms with Crippen molar-refractivity contribution in [1.29, 1.82) is 0 Å². The van der Waals surface area contributed by atoms with E-state index < -0.39 is 0 Å². The second-order valence-corrected chi connectivity index (χ2v) is 8.10. The molecular weight excluding hydrogens is 392 g/mol. The van der Waals surface area contributed by atoms with Crippen LogP contribution in [0.4, 0.5) is 4.79 Å². The molecule has 0 unspecified atom stereocenters. The summed E-state index contributed by atoms with van der Waals surface area (Å²) in [4.78, 5) is 28.2. The van der Waals surface area contributed by atoms with Gasteiger partial charge in [-0.05, 0) is 42.2 Å². The van der Waals surface area contributed by atoms with E-state index in [1.807, 2.05) is 32.1 Å². The average Bonchev–Trinajstić information content (AvgIpc) is 2.96. The fraction of sp³-hybridized carbons (Fsp3) is 0.455. The van der Waals surface area contributed by atoms with Crippen LogP contribution in [-0.2, 0) is 9.53 Å². The maximum atomic E-state index is 12.6. The minimum atomic E-state index is -0.301. The second kappa shape index (κ2) is 9.83. The van der Waals surface area contributed by atoms with E-state index in [0.29, 0.717) is 50.3 Å². The van der Waals surface area contributed by atoms with Crippen molar-refractivity contribution >= 4 is 29.7 Å². The van der Waals surface area contributed by atoms with Gasteiger partial charge in [-0.3, -0.25) is 4.79 Å². The molecule has 156 valence electrons. The molecule has 0 spiro atoms. The Morgan fingerprint density at radius 1 is 1.21 bits per heavy atom. The van der Waals surface area contributed by atoms with Crippen LogP contribution in [0.25, 0.3) is 6.08 Å². The standard InChI is InChI=1S/C22H27ClN2O4/c1-16(2)14-29-22(27)25-9-3-8-24(10-11-25)21(26)7-4-17-12-18-13-19(23)5-6-20(18)28-15-17/h4-7,12-13,16H,3,8-11,14-15H2,1-2H3/b7-4+. The summed E-state index contributed by atoms with van der Waals surface area (Å²) in [7, 11) is 0. The lowest BCUT2D eigenvalue weighted by Crippen LogP contribution is -2.37. The molecule has 0 bridgehead atoms. The molecule has 2 amide bonds. The van der Waals surface area contributed by atoms with Crippen molar-refractivity contribution in [3.63, 3.8) is 0 Å². The topological polar surface area (TPSA) is 59.1 Å². The number of hydrogen-bond donors (Lipinski definition) is 0. The Balaban J connectivity index is 1.55. The van der Waals surface area contributed by atoms with E-state index in [2.05, 4.69) is 0 Å². The zero-order valence-corrected chi connectivity index (χ0v) is 17.7. The van der Waals surface area contributed by atoms with Crippen molar-refractivity contribution in [2.75, 3.05) is 39.4 Å². The molecule has 1 aromatic carbocycles. The molecule has 29 heavy (non-hydrogen) atoms. The number of carbonyl (C=O) groups is 2. The lowest BCUT2D eigenvalue weighted by atomic mass is 10.1. The van der Waals surface area contributed by atoms with Gasteiger partial charge in [-0.25, -0.2) is 4.79 Å². The van der Waals surface area contributed by atoms with Gasteiger partial charge in [0.15, 0.2) is 0 Å². The molecule has 0 atom stereocenters. The zero-order chi connectivity index (χ0) is 20.8. The monoisotopic (exact) mass is 418 g/mol. The highest BCUT2D eigenvalue weighted by molar-refractivity contribution is 6.30. The van der Waals surface area contributed by atoms with E-state index in [-0.39, 0.29) is 12.0 Å². The van der Waals surface area contributed by atoms with Crippen LogP contribution in [0.15, 0.2) is 35.9 Å². The molecular formula is C22H27ClN2O4. The van der Waals surface area contributed by atoms with Crippen molar-refractivity contribution < 1.29 is 19.1 Å². The van der Waals surface area contributed by atoms with E-state index >= 15 is 0 Å². The summed E-state index contributed by atoms with van der Waals surface area (Å²) in [5.74, 6) is 1.02. The number of fused-ring (bicyclic) bond motifs is 1. The van der Waals surface area contributed by atoms with Crippen molar-refractivity contribution in [2.24, 2.45) is 5.92 Å².